The summed E-state index contributed by atoms with van der Waals surface area (Å²) in [5.41, 5.74) is 0. The molecule has 3 N–H and O–H groups in total. The maximum atomic E-state index is 10.6. The molecular weight excluding hydrogens is 198 g/mol. The molecule has 1 aliphatic rings. The van der Waals surface area contributed by atoms with Gasteiger partial charge in [0.15, 0.2) is 6.10 Å². The van der Waals surface area contributed by atoms with Crippen LogP contribution in [0.5, 0.6) is 0 Å². The number of aliphatic hydroxyl groups is 1. The van der Waals surface area contributed by atoms with E-state index in [0.717, 1.165) is 12.8 Å². The van der Waals surface area contributed by atoms with E-state index in [1.165, 1.54) is 0 Å². The lowest BCUT2D eigenvalue weighted by atomic mass is 10.2. The van der Waals surface area contributed by atoms with Gasteiger partial charge in [0.05, 0.1) is 12.2 Å². The van der Waals surface area contributed by atoms with Gasteiger partial charge in [0.25, 0.3) is 0 Å². The maximum Gasteiger partial charge on any atom is 0.332 e. The Hall–Kier alpha value is -0.650. The third kappa shape index (κ3) is 4.15. The Labute approximate surface area is 89.4 Å². The molecule has 0 amide bonds. The number of aliphatic hydroxyl groups excluding tert-OH is 1. The topological polar surface area (TPSA) is 78.8 Å². The van der Waals surface area contributed by atoms with E-state index < -0.39 is 12.1 Å². The van der Waals surface area contributed by atoms with Crippen LogP contribution >= 0.6 is 0 Å². The van der Waals surface area contributed by atoms with Crippen molar-refractivity contribution in [2.45, 2.75) is 44.5 Å². The number of nitrogens with one attached hydrogen (secondary N) is 1. The third-order valence-corrected chi connectivity index (χ3v) is 2.61. The number of ether oxygens (including phenoxy) is 1. The number of carbonyl (C=O) groups is 1. The number of hydrogen-bond acceptors (Lipinski definition) is 4. The maximum absolute atomic E-state index is 10.6. The highest BCUT2D eigenvalue weighted by Crippen LogP contribution is 2.19. The molecule has 0 saturated carbocycles. The van der Waals surface area contributed by atoms with Crippen molar-refractivity contribution in [1.29, 1.82) is 0 Å². The lowest BCUT2D eigenvalue weighted by Gasteiger charge is -2.14. The van der Waals surface area contributed by atoms with Gasteiger partial charge < -0.3 is 20.3 Å². The zero-order valence-electron chi connectivity index (χ0n) is 8.98. The highest BCUT2D eigenvalue weighted by molar-refractivity contribution is 5.72. The van der Waals surface area contributed by atoms with Crippen molar-refractivity contribution in [3.05, 3.63) is 0 Å². The molecule has 5 heteroatoms. The Bertz CT molecular complexity index is 210. The van der Waals surface area contributed by atoms with E-state index in [1.54, 1.807) is 0 Å². The number of rotatable bonds is 6. The summed E-state index contributed by atoms with van der Waals surface area (Å²) in [5, 5.41) is 21.0. The highest BCUT2D eigenvalue weighted by Gasteiger charge is 2.29. The van der Waals surface area contributed by atoms with Gasteiger partial charge in [-0.25, -0.2) is 4.79 Å². The van der Waals surface area contributed by atoms with Gasteiger partial charge in [0.2, 0.25) is 0 Å². The van der Waals surface area contributed by atoms with Gasteiger partial charge in [-0.2, -0.15) is 0 Å². The Morgan fingerprint density at radius 3 is 2.87 bits per heavy atom. The van der Waals surface area contributed by atoms with Crippen LogP contribution in [0.2, 0.25) is 0 Å². The van der Waals surface area contributed by atoms with E-state index in [9.17, 15) is 9.90 Å². The van der Waals surface area contributed by atoms with Crippen molar-refractivity contribution in [1.82, 2.24) is 5.32 Å². The summed E-state index contributed by atoms with van der Waals surface area (Å²) < 4.78 is 5.29. The van der Waals surface area contributed by atoms with Gasteiger partial charge in [-0.15, -0.1) is 0 Å². The number of aliphatic carboxylic acids is 1. The molecule has 3 atom stereocenters. The largest absolute Gasteiger partial charge is 0.479 e. The zero-order chi connectivity index (χ0) is 11.3. The molecule has 15 heavy (non-hydrogen) atoms. The quantitative estimate of drug-likeness (QED) is 0.582. The van der Waals surface area contributed by atoms with Gasteiger partial charge in [-0.05, 0) is 19.3 Å². The lowest BCUT2D eigenvalue weighted by molar-refractivity contribution is -0.149. The van der Waals surface area contributed by atoms with Crippen LogP contribution in [-0.2, 0) is 9.53 Å². The summed E-state index contributed by atoms with van der Waals surface area (Å²) in [5.74, 6) is -0.883. The molecule has 1 aliphatic heterocycles. The molecule has 5 nitrogen and oxygen atoms in total. The Morgan fingerprint density at radius 1 is 1.60 bits per heavy atom. The molecule has 1 rings (SSSR count). The Morgan fingerprint density at radius 2 is 2.33 bits per heavy atom. The van der Waals surface area contributed by atoms with E-state index in [0.29, 0.717) is 19.5 Å². The fourth-order valence-corrected chi connectivity index (χ4v) is 1.59. The number of carboxylic acids is 1. The fourth-order valence-electron chi connectivity index (χ4n) is 1.59. The molecule has 1 fully saturated rings. The van der Waals surface area contributed by atoms with Crippen LogP contribution < -0.4 is 5.32 Å². The number of carboxylic acid groups (broad SMARTS) is 1. The molecule has 0 aromatic carbocycles. The summed E-state index contributed by atoms with van der Waals surface area (Å²) in [7, 11) is 0. The second-order valence-corrected chi connectivity index (χ2v) is 3.88. The third-order valence-electron chi connectivity index (χ3n) is 2.61. The molecule has 0 aromatic rings. The predicted octanol–water partition coefficient (Wildman–Crippen LogP) is -0.0209. The van der Waals surface area contributed by atoms with E-state index in [2.05, 4.69) is 5.32 Å². The first kappa shape index (κ1) is 12.4. The van der Waals surface area contributed by atoms with Gasteiger partial charge in [0.1, 0.15) is 0 Å². The SMILES string of the molecule is CCC(O)CNCC1CCC(C(=O)O)O1. The van der Waals surface area contributed by atoms with Crippen LogP contribution in [-0.4, -0.2) is 47.6 Å². The van der Waals surface area contributed by atoms with Crippen molar-refractivity contribution in [2.24, 2.45) is 0 Å². The molecule has 0 aliphatic carbocycles. The Kier molecular flexibility index (Phi) is 5.01. The van der Waals surface area contributed by atoms with Crippen LogP contribution in [0.3, 0.4) is 0 Å². The van der Waals surface area contributed by atoms with Crippen LogP contribution in [0.15, 0.2) is 0 Å². The summed E-state index contributed by atoms with van der Waals surface area (Å²) in [6.45, 7) is 3.06. The van der Waals surface area contributed by atoms with Gasteiger partial charge >= 0.3 is 5.97 Å². The lowest BCUT2D eigenvalue weighted by Crippen LogP contribution is -2.33. The zero-order valence-corrected chi connectivity index (χ0v) is 8.98. The first-order valence-electron chi connectivity index (χ1n) is 5.40. The van der Waals surface area contributed by atoms with Gasteiger partial charge in [0, 0.05) is 13.1 Å². The monoisotopic (exact) mass is 217 g/mol. The van der Waals surface area contributed by atoms with Gasteiger partial charge in [-0.3, -0.25) is 0 Å². The molecule has 0 radical (unpaired) electrons. The summed E-state index contributed by atoms with van der Waals surface area (Å²) in [6, 6.07) is 0. The Balaban J connectivity index is 2.11. The first-order valence-corrected chi connectivity index (χ1v) is 5.40. The van der Waals surface area contributed by atoms with E-state index in [-0.39, 0.29) is 12.2 Å². The first-order chi connectivity index (χ1) is 7.13. The van der Waals surface area contributed by atoms with Crippen molar-refractivity contribution in [3.8, 4) is 0 Å². The van der Waals surface area contributed by atoms with Crippen molar-refractivity contribution >= 4 is 5.97 Å². The highest BCUT2D eigenvalue weighted by atomic mass is 16.5. The van der Waals surface area contributed by atoms with Crippen molar-refractivity contribution in [2.75, 3.05) is 13.1 Å². The molecule has 1 saturated heterocycles. The van der Waals surface area contributed by atoms with E-state index in [4.69, 9.17) is 9.84 Å². The van der Waals surface area contributed by atoms with Crippen LogP contribution in [0.4, 0.5) is 0 Å². The summed E-state index contributed by atoms with van der Waals surface area (Å²) in [4.78, 5) is 10.6. The second-order valence-electron chi connectivity index (χ2n) is 3.88. The fraction of sp³-hybridized carbons (Fsp3) is 0.900. The second kappa shape index (κ2) is 6.05. The minimum absolute atomic E-state index is 0.0323. The molecule has 0 aromatic heterocycles. The van der Waals surface area contributed by atoms with Crippen LogP contribution in [0.25, 0.3) is 0 Å². The molecule has 88 valence electrons. The van der Waals surface area contributed by atoms with Crippen LogP contribution in [0.1, 0.15) is 26.2 Å². The minimum Gasteiger partial charge on any atom is -0.479 e. The van der Waals surface area contributed by atoms with Crippen molar-refractivity contribution < 1.29 is 19.7 Å². The minimum atomic E-state index is -0.883. The van der Waals surface area contributed by atoms with Crippen molar-refractivity contribution in [3.63, 3.8) is 0 Å². The average molecular weight is 217 g/mol. The molecule has 0 bridgehead atoms. The van der Waals surface area contributed by atoms with Gasteiger partial charge in [-0.1, -0.05) is 6.92 Å². The molecule has 1 heterocycles. The van der Waals surface area contributed by atoms with Crippen LogP contribution in [0, 0.1) is 0 Å². The van der Waals surface area contributed by atoms with E-state index >= 15 is 0 Å². The average Bonchev–Trinajstić information content (AvgIpc) is 2.66. The van der Waals surface area contributed by atoms with E-state index in [1.807, 2.05) is 6.92 Å². The standard InChI is InChI=1S/C10H19NO4/c1-2-7(12)5-11-6-8-3-4-9(15-8)10(13)14/h7-9,11-12H,2-6H2,1H3,(H,13,14). The normalized spacial score (nSPS) is 27.9. The molecule has 0 spiro atoms. The summed E-state index contributed by atoms with van der Waals surface area (Å²) >= 11 is 0. The predicted molar refractivity (Wildman–Crippen MR) is 54.7 cm³/mol. The summed E-state index contributed by atoms with van der Waals surface area (Å²) in [6.07, 6.45) is 1.06. The molecular formula is C10H19NO4. The smallest absolute Gasteiger partial charge is 0.332 e. The molecule has 3 unspecified atom stereocenters. The number of hydrogen-bond donors (Lipinski definition) is 3.